The Morgan fingerprint density at radius 2 is 2.10 bits per heavy atom. The zero-order valence-electron chi connectivity index (χ0n) is 11.4. The lowest BCUT2D eigenvalue weighted by Crippen LogP contribution is -2.38. The Morgan fingerprint density at radius 1 is 1.45 bits per heavy atom. The highest BCUT2D eigenvalue weighted by Crippen LogP contribution is 2.26. The third-order valence-electron chi connectivity index (χ3n) is 3.66. The number of aryl methyl sites for hydroxylation is 1. The second kappa shape index (κ2) is 5.92. The van der Waals surface area contributed by atoms with Crippen molar-refractivity contribution >= 4 is 16.0 Å². The van der Waals surface area contributed by atoms with Crippen LogP contribution in [0.1, 0.15) is 25.7 Å². The van der Waals surface area contributed by atoms with Crippen LogP contribution < -0.4 is 0 Å². The first-order valence-corrected chi connectivity index (χ1v) is 8.04. The van der Waals surface area contributed by atoms with E-state index in [0.717, 1.165) is 0 Å². The monoisotopic (exact) mass is 301 g/mol. The molecular formula is C12H19N3O4S. The van der Waals surface area contributed by atoms with Crippen LogP contribution in [-0.4, -0.2) is 46.7 Å². The van der Waals surface area contributed by atoms with Crippen molar-refractivity contribution in [2.45, 2.75) is 30.6 Å². The van der Waals surface area contributed by atoms with Crippen molar-refractivity contribution < 1.29 is 18.3 Å². The van der Waals surface area contributed by atoms with Crippen molar-refractivity contribution in [1.29, 1.82) is 0 Å². The second-order valence-corrected chi connectivity index (χ2v) is 7.07. The third-order valence-corrected chi connectivity index (χ3v) is 5.51. The molecule has 1 aromatic rings. The highest BCUT2D eigenvalue weighted by molar-refractivity contribution is 7.89. The maximum atomic E-state index is 12.4. The van der Waals surface area contributed by atoms with Crippen LogP contribution in [0.15, 0.2) is 17.3 Å². The molecule has 0 saturated carbocycles. The SMILES string of the molecule is Cn1cc(S(=O)(=O)N2CCC(CCC(=O)O)CC2)cn1. The largest absolute Gasteiger partial charge is 0.481 e. The van der Waals surface area contributed by atoms with Gasteiger partial charge in [0.25, 0.3) is 0 Å². The number of carbonyl (C=O) groups is 1. The van der Waals surface area contributed by atoms with Gasteiger partial charge in [-0.05, 0) is 25.2 Å². The summed E-state index contributed by atoms with van der Waals surface area (Å²) in [6.07, 6.45) is 5.05. The summed E-state index contributed by atoms with van der Waals surface area (Å²) >= 11 is 0. The van der Waals surface area contributed by atoms with Crippen LogP contribution in [-0.2, 0) is 21.9 Å². The summed E-state index contributed by atoms with van der Waals surface area (Å²) < 4.78 is 27.6. The van der Waals surface area contributed by atoms with Crippen LogP contribution in [0, 0.1) is 5.92 Å². The number of sulfonamides is 1. The Hall–Kier alpha value is -1.41. The smallest absolute Gasteiger partial charge is 0.303 e. The van der Waals surface area contributed by atoms with E-state index in [1.165, 1.54) is 21.4 Å². The minimum absolute atomic E-state index is 0.153. The standard InChI is InChI=1S/C12H19N3O4S/c1-14-9-11(8-13-14)20(18,19)15-6-4-10(5-7-15)2-3-12(16)17/h8-10H,2-7H2,1H3,(H,16,17). The number of aliphatic carboxylic acids is 1. The average molecular weight is 301 g/mol. The number of hydrogen-bond donors (Lipinski definition) is 1. The molecule has 0 amide bonds. The molecule has 1 aliphatic heterocycles. The van der Waals surface area contributed by atoms with E-state index in [9.17, 15) is 13.2 Å². The molecule has 1 N–H and O–H groups in total. The highest BCUT2D eigenvalue weighted by atomic mass is 32.2. The van der Waals surface area contributed by atoms with Crippen molar-refractivity contribution in [3.05, 3.63) is 12.4 Å². The molecule has 2 rings (SSSR count). The van der Waals surface area contributed by atoms with Gasteiger partial charge in [-0.15, -0.1) is 0 Å². The van der Waals surface area contributed by atoms with Crippen molar-refractivity contribution in [1.82, 2.24) is 14.1 Å². The number of hydrogen-bond acceptors (Lipinski definition) is 4. The number of aromatic nitrogens is 2. The molecule has 0 radical (unpaired) electrons. The predicted octanol–water partition coefficient (Wildman–Crippen LogP) is 0.686. The quantitative estimate of drug-likeness (QED) is 0.863. The molecule has 0 aromatic carbocycles. The van der Waals surface area contributed by atoms with Crippen molar-refractivity contribution in [2.75, 3.05) is 13.1 Å². The zero-order valence-corrected chi connectivity index (χ0v) is 12.2. The summed E-state index contributed by atoms with van der Waals surface area (Å²) in [7, 11) is -1.78. The molecule has 1 aliphatic rings. The summed E-state index contributed by atoms with van der Waals surface area (Å²) in [6, 6.07) is 0. The Balaban J connectivity index is 1.95. The molecule has 2 heterocycles. The summed E-state index contributed by atoms with van der Waals surface area (Å²) in [4.78, 5) is 10.7. The van der Waals surface area contributed by atoms with Crippen molar-refractivity contribution in [3.8, 4) is 0 Å². The molecule has 7 nitrogen and oxygen atoms in total. The van der Waals surface area contributed by atoms with Gasteiger partial charge in [-0.3, -0.25) is 9.48 Å². The Labute approximate surface area is 118 Å². The van der Waals surface area contributed by atoms with Crippen molar-refractivity contribution in [3.63, 3.8) is 0 Å². The molecule has 0 unspecified atom stereocenters. The first kappa shape index (κ1) is 15.0. The fourth-order valence-electron chi connectivity index (χ4n) is 2.45. The summed E-state index contributed by atoms with van der Waals surface area (Å²) in [6.45, 7) is 0.892. The van der Waals surface area contributed by atoms with E-state index in [-0.39, 0.29) is 11.3 Å². The number of rotatable bonds is 5. The molecular weight excluding hydrogens is 282 g/mol. The lowest BCUT2D eigenvalue weighted by Gasteiger charge is -2.30. The van der Waals surface area contributed by atoms with Crippen molar-refractivity contribution in [2.24, 2.45) is 13.0 Å². The van der Waals surface area contributed by atoms with Gasteiger partial charge in [0.2, 0.25) is 10.0 Å². The highest BCUT2D eigenvalue weighted by Gasteiger charge is 2.30. The van der Waals surface area contributed by atoms with E-state index in [1.54, 1.807) is 7.05 Å². The van der Waals surface area contributed by atoms with E-state index >= 15 is 0 Å². The van der Waals surface area contributed by atoms with Crippen LogP contribution in [0.25, 0.3) is 0 Å². The van der Waals surface area contributed by atoms with Gasteiger partial charge in [0, 0.05) is 32.8 Å². The second-order valence-electron chi connectivity index (χ2n) is 5.13. The molecule has 112 valence electrons. The van der Waals surface area contributed by atoms with E-state index < -0.39 is 16.0 Å². The molecule has 0 atom stereocenters. The summed E-state index contributed by atoms with van der Waals surface area (Å²) in [5.74, 6) is -0.498. The number of piperidine rings is 1. The molecule has 0 aliphatic carbocycles. The number of nitrogens with zero attached hydrogens (tertiary/aromatic N) is 3. The van der Waals surface area contributed by atoms with Crippen LogP contribution in [0.2, 0.25) is 0 Å². The Bertz CT molecular complexity index is 573. The fourth-order valence-corrected chi connectivity index (χ4v) is 3.90. The Kier molecular flexibility index (Phi) is 4.44. The maximum absolute atomic E-state index is 12.4. The van der Waals surface area contributed by atoms with Gasteiger partial charge < -0.3 is 5.11 Å². The lowest BCUT2D eigenvalue weighted by molar-refractivity contribution is -0.137. The molecule has 1 saturated heterocycles. The zero-order chi connectivity index (χ0) is 14.8. The fraction of sp³-hybridized carbons (Fsp3) is 0.667. The van der Waals surface area contributed by atoms with Gasteiger partial charge in [0.15, 0.2) is 0 Å². The average Bonchev–Trinajstić information content (AvgIpc) is 2.84. The van der Waals surface area contributed by atoms with E-state index in [2.05, 4.69) is 5.10 Å². The van der Waals surface area contributed by atoms with Crippen LogP contribution in [0.5, 0.6) is 0 Å². The predicted molar refractivity (Wildman–Crippen MR) is 71.6 cm³/mol. The topological polar surface area (TPSA) is 92.5 Å². The van der Waals surface area contributed by atoms with E-state index in [4.69, 9.17) is 5.11 Å². The van der Waals surface area contributed by atoms with E-state index in [1.807, 2.05) is 0 Å². The first-order valence-electron chi connectivity index (χ1n) is 6.60. The molecule has 1 aromatic heterocycles. The molecule has 0 spiro atoms. The third kappa shape index (κ3) is 3.37. The molecule has 20 heavy (non-hydrogen) atoms. The van der Waals surface area contributed by atoms with Gasteiger partial charge in [0.1, 0.15) is 4.90 Å². The normalized spacial score (nSPS) is 18.2. The van der Waals surface area contributed by atoms with Gasteiger partial charge >= 0.3 is 5.97 Å². The molecule has 8 heteroatoms. The number of carboxylic acid groups (broad SMARTS) is 1. The molecule has 0 bridgehead atoms. The lowest BCUT2D eigenvalue weighted by atomic mass is 9.93. The minimum atomic E-state index is -3.46. The van der Waals surface area contributed by atoms with Gasteiger partial charge in [-0.1, -0.05) is 0 Å². The van der Waals surface area contributed by atoms with Crippen LogP contribution >= 0.6 is 0 Å². The maximum Gasteiger partial charge on any atom is 0.303 e. The van der Waals surface area contributed by atoms with Crippen LogP contribution in [0.3, 0.4) is 0 Å². The van der Waals surface area contributed by atoms with Crippen LogP contribution in [0.4, 0.5) is 0 Å². The summed E-state index contributed by atoms with van der Waals surface area (Å²) in [5, 5.41) is 12.5. The van der Waals surface area contributed by atoms with E-state index in [0.29, 0.717) is 38.3 Å². The van der Waals surface area contributed by atoms with Gasteiger partial charge in [-0.25, -0.2) is 8.42 Å². The Morgan fingerprint density at radius 3 is 2.60 bits per heavy atom. The molecule has 1 fully saturated rings. The first-order chi connectivity index (χ1) is 9.39. The number of carboxylic acids is 1. The summed E-state index contributed by atoms with van der Waals surface area (Å²) in [5.41, 5.74) is 0. The van der Waals surface area contributed by atoms with Gasteiger partial charge in [-0.2, -0.15) is 9.40 Å². The van der Waals surface area contributed by atoms with Gasteiger partial charge in [0.05, 0.1) is 6.20 Å². The minimum Gasteiger partial charge on any atom is -0.481 e.